The molecule has 0 bridgehead atoms. The zero-order valence-corrected chi connectivity index (χ0v) is 19.2. The molecule has 0 N–H and O–H groups in total. The van der Waals surface area contributed by atoms with E-state index in [1.165, 1.54) is 16.2 Å². The van der Waals surface area contributed by atoms with Gasteiger partial charge in [0.25, 0.3) is 0 Å². The van der Waals surface area contributed by atoms with Crippen LogP contribution in [0.4, 0.5) is 5.13 Å². The summed E-state index contributed by atoms with van der Waals surface area (Å²) in [7, 11) is 4.09. The Morgan fingerprint density at radius 3 is 2.59 bits per heavy atom. The molecular weight excluding hydrogens is 422 g/mol. The fourth-order valence-electron chi connectivity index (χ4n) is 2.96. The lowest BCUT2D eigenvalue weighted by molar-refractivity contribution is -0.118. The number of rotatable bonds is 10. The van der Waals surface area contributed by atoms with Gasteiger partial charge in [-0.05, 0) is 63.5 Å². The first-order valence-electron chi connectivity index (χ1n) is 9.72. The Kier molecular flexibility index (Phi) is 8.36. The summed E-state index contributed by atoms with van der Waals surface area (Å²) in [6, 6.07) is 16.1. The van der Waals surface area contributed by atoms with Crippen LogP contribution in [0.2, 0.25) is 5.02 Å². The van der Waals surface area contributed by atoms with E-state index in [0.717, 1.165) is 40.5 Å². The van der Waals surface area contributed by atoms with Gasteiger partial charge in [0.05, 0.1) is 9.72 Å². The summed E-state index contributed by atoms with van der Waals surface area (Å²) in [6.07, 6.45) is 2.26. The molecule has 0 saturated carbocycles. The lowest BCUT2D eigenvalue weighted by Gasteiger charge is -2.21. The number of nitrogens with zero attached hydrogens (tertiary/aromatic N) is 3. The van der Waals surface area contributed by atoms with E-state index in [4.69, 9.17) is 11.6 Å². The van der Waals surface area contributed by atoms with Crippen molar-refractivity contribution >= 4 is 56.0 Å². The quantitative estimate of drug-likeness (QED) is 0.290. The summed E-state index contributed by atoms with van der Waals surface area (Å²) in [5, 5.41) is 1.37. The summed E-state index contributed by atoms with van der Waals surface area (Å²) >= 11 is 9.62. The Hall–Kier alpha value is -1.60. The minimum absolute atomic E-state index is 0.132. The van der Waals surface area contributed by atoms with Crippen LogP contribution in [0, 0.1) is 0 Å². The fourth-order valence-corrected chi connectivity index (χ4v) is 5.14. The molecule has 0 atom stereocenters. The van der Waals surface area contributed by atoms with Crippen molar-refractivity contribution in [3.63, 3.8) is 0 Å². The zero-order chi connectivity index (χ0) is 20.6. The van der Waals surface area contributed by atoms with E-state index in [1.807, 2.05) is 55.4 Å². The smallest absolute Gasteiger partial charge is 0.228 e. The van der Waals surface area contributed by atoms with E-state index in [9.17, 15) is 4.79 Å². The molecule has 154 valence electrons. The predicted octanol–water partition coefficient (Wildman–Crippen LogP) is 5.81. The third-order valence-electron chi connectivity index (χ3n) is 4.42. The van der Waals surface area contributed by atoms with Crippen LogP contribution in [-0.2, 0) is 4.79 Å². The number of carbonyl (C=O) groups is 1. The number of aromatic nitrogens is 1. The minimum Gasteiger partial charge on any atom is -0.309 e. The first-order chi connectivity index (χ1) is 14.0. The van der Waals surface area contributed by atoms with Crippen LogP contribution in [0.25, 0.3) is 10.2 Å². The van der Waals surface area contributed by atoms with E-state index < -0.39 is 0 Å². The maximum Gasteiger partial charge on any atom is 0.228 e. The van der Waals surface area contributed by atoms with E-state index in [2.05, 4.69) is 22.0 Å². The lowest BCUT2D eigenvalue weighted by atomic mass is 10.3. The largest absolute Gasteiger partial charge is 0.309 e. The standard InChI is InChI=1S/C22H26ClN3OS2/c1-25(2)14-8-15-26(22-24-21-18(23)11-6-12-19(21)29-22)20(27)13-7-16-28-17-9-4-3-5-10-17/h3-6,9-12H,7-8,13-16H2,1-2H3. The van der Waals surface area contributed by atoms with Gasteiger partial charge in [-0.25, -0.2) is 4.98 Å². The number of halogens is 1. The number of thiazole rings is 1. The number of para-hydroxylation sites is 1. The van der Waals surface area contributed by atoms with Gasteiger partial charge in [0.2, 0.25) is 5.91 Å². The predicted molar refractivity (Wildman–Crippen MR) is 127 cm³/mol. The SMILES string of the molecule is CN(C)CCCN(C(=O)CCCSc1ccccc1)c1nc2c(Cl)cccc2s1. The summed E-state index contributed by atoms with van der Waals surface area (Å²) in [6.45, 7) is 1.60. The molecule has 0 aliphatic heterocycles. The average Bonchev–Trinajstić information content (AvgIpc) is 3.14. The van der Waals surface area contributed by atoms with E-state index >= 15 is 0 Å². The zero-order valence-electron chi connectivity index (χ0n) is 16.8. The molecule has 0 saturated heterocycles. The van der Waals surface area contributed by atoms with Crippen LogP contribution in [0.3, 0.4) is 0 Å². The number of anilines is 1. The van der Waals surface area contributed by atoms with Crippen molar-refractivity contribution in [2.45, 2.75) is 24.2 Å². The molecule has 0 aliphatic carbocycles. The van der Waals surface area contributed by atoms with Crippen LogP contribution >= 0.6 is 34.7 Å². The van der Waals surface area contributed by atoms with Crippen LogP contribution in [0.1, 0.15) is 19.3 Å². The number of carbonyl (C=O) groups excluding carboxylic acids is 1. The van der Waals surface area contributed by atoms with Gasteiger partial charge >= 0.3 is 0 Å². The molecule has 3 aromatic rings. The molecular formula is C22H26ClN3OS2. The van der Waals surface area contributed by atoms with Gasteiger partial charge in [0, 0.05) is 17.9 Å². The highest BCUT2D eigenvalue weighted by atomic mass is 35.5. The summed E-state index contributed by atoms with van der Waals surface area (Å²) < 4.78 is 1.01. The fraction of sp³-hybridized carbons (Fsp3) is 0.364. The maximum atomic E-state index is 13.0. The number of hydrogen-bond donors (Lipinski definition) is 0. The Bertz CT molecular complexity index is 930. The van der Waals surface area contributed by atoms with Crippen molar-refractivity contribution in [1.82, 2.24) is 9.88 Å². The third-order valence-corrected chi connectivity index (χ3v) is 6.87. The molecule has 7 heteroatoms. The van der Waals surface area contributed by atoms with Crippen molar-refractivity contribution in [1.29, 1.82) is 0 Å². The molecule has 0 unspecified atom stereocenters. The third kappa shape index (κ3) is 6.44. The number of amides is 1. The Labute approximate surface area is 185 Å². The Morgan fingerprint density at radius 1 is 1.07 bits per heavy atom. The minimum atomic E-state index is 0.132. The molecule has 1 heterocycles. The number of benzene rings is 2. The molecule has 0 fully saturated rings. The topological polar surface area (TPSA) is 36.4 Å². The van der Waals surface area contributed by atoms with E-state index in [0.29, 0.717) is 18.0 Å². The van der Waals surface area contributed by atoms with E-state index in [1.54, 1.807) is 11.8 Å². The number of thioether (sulfide) groups is 1. The van der Waals surface area contributed by atoms with Gasteiger partial charge in [-0.3, -0.25) is 9.69 Å². The Morgan fingerprint density at radius 2 is 1.86 bits per heavy atom. The van der Waals surface area contributed by atoms with Crippen LogP contribution in [-0.4, -0.2) is 48.7 Å². The van der Waals surface area contributed by atoms with Crippen LogP contribution < -0.4 is 4.90 Å². The van der Waals surface area contributed by atoms with Gasteiger partial charge in [0.15, 0.2) is 5.13 Å². The molecule has 0 spiro atoms. The average molecular weight is 448 g/mol. The molecule has 2 aromatic carbocycles. The molecule has 0 radical (unpaired) electrons. The Balaban J connectivity index is 1.65. The number of fused-ring (bicyclic) bond motifs is 1. The highest BCUT2D eigenvalue weighted by Gasteiger charge is 2.20. The van der Waals surface area contributed by atoms with Crippen molar-refractivity contribution in [3.05, 3.63) is 53.6 Å². The normalized spacial score (nSPS) is 11.3. The van der Waals surface area contributed by atoms with Crippen molar-refractivity contribution in [2.24, 2.45) is 0 Å². The highest BCUT2D eigenvalue weighted by molar-refractivity contribution is 7.99. The summed E-state index contributed by atoms with van der Waals surface area (Å²) in [5.74, 6) is 1.06. The first-order valence-corrected chi connectivity index (χ1v) is 11.9. The van der Waals surface area contributed by atoms with Crippen molar-refractivity contribution < 1.29 is 4.79 Å². The second kappa shape index (κ2) is 11.0. The lowest BCUT2D eigenvalue weighted by Crippen LogP contribution is -2.33. The second-order valence-corrected chi connectivity index (χ2v) is 9.63. The van der Waals surface area contributed by atoms with Crippen LogP contribution in [0.5, 0.6) is 0 Å². The molecule has 29 heavy (non-hydrogen) atoms. The van der Waals surface area contributed by atoms with Crippen molar-refractivity contribution in [2.75, 3.05) is 37.8 Å². The second-order valence-electron chi connectivity index (χ2n) is 7.05. The first kappa shape index (κ1) is 22.1. The van der Waals surface area contributed by atoms with Gasteiger partial charge in [-0.15, -0.1) is 11.8 Å². The molecule has 0 aliphatic rings. The van der Waals surface area contributed by atoms with Crippen molar-refractivity contribution in [3.8, 4) is 0 Å². The number of hydrogen-bond acceptors (Lipinski definition) is 5. The van der Waals surface area contributed by atoms with Gasteiger partial charge in [-0.1, -0.05) is 47.2 Å². The van der Waals surface area contributed by atoms with Crippen LogP contribution in [0.15, 0.2) is 53.4 Å². The van der Waals surface area contributed by atoms with Gasteiger partial charge in [0.1, 0.15) is 5.52 Å². The monoisotopic (exact) mass is 447 g/mol. The highest BCUT2D eigenvalue weighted by Crippen LogP contribution is 2.33. The molecule has 3 rings (SSSR count). The van der Waals surface area contributed by atoms with Gasteiger partial charge < -0.3 is 4.90 Å². The maximum absolute atomic E-state index is 13.0. The summed E-state index contributed by atoms with van der Waals surface area (Å²) in [4.78, 5) is 22.9. The molecule has 4 nitrogen and oxygen atoms in total. The molecule has 1 aromatic heterocycles. The molecule has 1 amide bonds. The van der Waals surface area contributed by atoms with Gasteiger partial charge in [-0.2, -0.15) is 0 Å². The summed E-state index contributed by atoms with van der Waals surface area (Å²) in [5.41, 5.74) is 0.777. The van der Waals surface area contributed by atoms with E-state index in [-0.39, 0.29) is 5.91 Å².